The number of rotatable bonds is 9. The molecule has 0 spiro atoms. The molecule has 1 amide bonds. The number of carboxylic acids is 1. The third-order valence-corrected chi connectivity index (χ3v) is 3.81. The number of nitrogens with zero attached hydrogens (tertiary/aromatic N) is 1. The van der Waals surface area contributed by atoms with Gasteiger partial charge in [0, 0.05) is 14.2 Å². The summed E-state index contributed by atoms with van der Waals surface area (Å²) in [4.78, 5) is 24.8. The summed E-state index contributed by atoms with van der Waals surface area (Å²) >= 11 is 0. The molecule has 0 saturated carbocycles. The Labute approximate surface area is 143 Å². The number of benzene rings is 1. The molecule has 0 saturated heterocycles. The number of aliphatic carboxylic acids is 1. The molecule has 0 radical (unpaired) electrons. The molecule has 1 N–H and O–H groups in total. The van der Waals surface area contributed by atoms with Gasteiger partial charge in [-0.15, -0.1) is 0 Å². The van der Waals surface area contributed by atoms with E-state index in [0.29, 0.717) is 6.42 Å². The molecule has 0 heterocycles. The van der Waals surface area contributed by atoms with Crippen LogP contribution in [0.15, 0.2) is 30.3 Å². The van der Waals surface area contributed by atoms with Gasteiger partial charge < -0.3 is 19.5 Å². The Morgan fingerprint density at radius 1 is 1.21 bits per heavy atom. The Bertz CT molecular complexity index is 517. The maximum Gasteiger partial charge on any atom is 0.410 e. The van der Waals surface area contributed by atoms with Gasteiger partial charge in [-0.25, -0.2) is 4.79 Å². The van der Waals surface area contributed by atoms with Crippen molar-refractivity contribution in [1.29, 1.82) is 0 Å². The lowest BCUT2D eigenvalue weighted by molar-refractivity contribution is -0.141. The molecule has 1 aromatic rings. The van der Waals surface area contributed by atoms with Crippen molar-refractivity contribution < 1.29 is 24.2 Å². The predicted octanol–water partition coefficient (Wildman–Crippen LogP) is 3.16. The van der Waals surface area contributed by atoms with E-state index in [0.717, 1.165) is 5.56 Å². The van der Waals surface area contributed by atoms with E-state index in [-0.39, 0.29) is 25.0 Å². The quantitative estimate of drug-likeness (QED) is 0.749. The van der Waals surface area contributed by atoms with Gasteiger partial charge in [0.25, 0.3) is 0 Å². The number of likely N-dealkylation sites (N-methyl/N-ethyl adjacent to an activating group) is 1. The summed E-state index contributed by atoms with van der Waals surface area (Å²) < 4.78 is 10.7. The largest absolute Gasteiger partial charge is 0.481 e. The molecule has 0 unspecified atom stereocenters. The Hall–Kier alpha value is -2.08. The highest BCUT2D eigenvalue weighted by molar-refractivity contribution is 5.69. The fraction of sp³-hybridized carbons (Fsp3) is 0.556. The average molecular weight is 337 g/mol. The standard InChI is InChI=1S/C18H27NO5/c1-13(2)10-15(16(23-4)11-17(20)21)19(3)18(22)24-12-14-8-6-5-7-9-14/h5-9,13,15-16H,10-12H2,1-4H3,(H,20,21)/t15-,16+/m0/s1. The van der Waals surface area contributed by atoms with Crippen molar-refractivity contribution in [1.82, 2.24) is 4.90 Å². The molecular weight excluding hydrogens is 310 g/mol. The Kier molecular flexibility index (Phi) is 8.26. The van der Waals surface area contributed by atoms with Crippen LogP contribution in [-0.4, -0.2) is 48.4 Å². The molecule has 0 aliphatic carbocycles. The second kappa shape index (κ2) is 9.93. The minimum Gasteiger partial charge on any atom is -0.481 e. The van der Waals surface area contributed by atoms with E-state index in [1.165, 1.54) is 12.0 Å². The normalized spacial score (nSPS) is 13.4. The third kappa shape index (κ3) is 6.58. The van der Waals surface area contributed by atoms with Gasteiger partial charge in [0.2, 0.25) is 0 Å². The van der Waals surface area contributed by atoms with E-state index >= 15 is 0 Å². The van der Waals surface area contributed by atoms with Gasteiger partial charge in [-0.05, 0) is 17.9 Å². The van der Waals surface area contributed by atoms with Crippen LogP contribution in [0, 0.1) is 5.92 Å². The van der Waals surface area contributed by atoms with Gasteiger partial charge in [0.15, 0.2) is 0 Å². The van der Waals surface area contributed by atoms with Crippen LogP contribution in [0.3, 0.4) is 0 Å². The van der Waals surface area contributed by atoms with Crippen LogP contribution in [0.25, 0.3) is 0 Å². The molecule has 6 nitrogen and oxygen atoms in total. The monoisotopic (exact) mass is 337 g/mol. The highest BCUT2D eigenvalue weighted by Gasteiger charge is 2.31. The number of methoxy groups -OCH3 is 1. The number of carbonyl (C=O) groups is 2. The highest BCUT2D eigenvalue weighted by Crippen LogP contribution is 2.19. The zero-order chi connectivity index (χ0) is 18.1. The number of amides is 1. The maximum absolute atomic E-state index is 12.3. The molecule has 0 aliphatic rings. The van der Waals surface area contributed by atoms with E-state index in [9.17, 15) is 9.59 Å². The van der Waals surface area contributed by atoms with Crippen molar-refractivity contribution in [3.63, 3.8) is 0 Å². The SMILES string of the molecule is CO[C@H](CC(=O)O)[C@H](CC(C)C)N(C)C(=O)OCc1ccccc1. The molecule has 0 aliphatic heterocycles. The van der Waals surface area contributed by atoms with Crippen LogP contribution in [0.4, 0.5) is 4.79 Å². The molecular formula is C18H27NO5. The molecule has 0 bridgehead atoms. The smallest absolute Gasteiger partial charge is 0.410 e. The van der Waals surface area contributed by atoms with E-state index < -0.39 is 18.2 Å². The van der Waals surface area contributed by atoms with Crippen LogP contribution in [0.5, 0.6) is 0 Å². The summed E-state index contributed by atoms with van der Waals surface area (Å²) in [5.41, 5.74) is 0.897. The number of ether oxygens (including phenoxy) is 2. The summed E-state index contributed by atoms with van der Waals surface area (Å²) in [6.07, 6.45) is -0.608. The molecule has 1 aromatic carbocycles. The summed E-state index contributed by atoms with van der Waals surface area (Å²) in [6.45, 7) is 4.21. The fourth-order valence-corrected chi connectivity index (χ4v) is 2.55. The van der Waals surface area contributed by atoms with Crippen LogP contribution in [0.1, 0.15) is 32.3 Å². The lowest BCUT2D eigenvalue weighted by Gasteiger charge is -2.33. The average Bonchev–Trinajstić information content (AvgIpc) is 2.55. The lowest BCUT2D eigenvalue weighted by atomic mass is 9.96. The summed E-state index contributed by atoms with van der Waals surface area (Å²) in [6, 6.07) is 9.03. The van der Waals surface area contributed by atoms with Crippen molar-refractivity contribution in [2.24, 2.45) is 5.92 Å². The summed E-state index contributed by atoms with van der Waals surface area (Å²) in [5.74, 6) is -0.674. The van der Waals surface area contributed by atoms with Crippen LogP contribution in [-0.2, 0) is 20.9 Å². The molecule has 6 heteroatoms. The van der Waals surface area contributed by atoms with Crippen molar-refractivity contribution in [2.75, 3.05) is 14.2 Å². The molecule has 0 fully saturated rings. The minimum atomic E-state index is -0.957. The molecule has 2 atom stereocenters. The Morgan fingerprint density at radius 3 is 2.33 bits per heavy atom. The number of carbonyl (C=O) groups excluding carboxylic acids is 1. The first-order valence-corrected chi connectivity index (χ1v) is 8.03. The third-order valence-electron chi connectivity index (χ3n) is 3.81. The van der Waals surface area contributed by atoms with Gasteiger partial charge in [-0.3, -0.25) is 4.79 Å². The highest BCUT2D eigenvalue weighted by atomic mass is 16.6. The van der Waals surface area contributed by atoms with Gasteiger partial charge in [-0.1, -0.05) is 44.2 Å². The Morgan fingerprint density at radius 2 is 1.83 bits per heavy atom. The predicted molar refractivity (Wildman–Crippen MR) is 90.7 cm³/mol. The first kappa shape index (κ1) is 20.0. The van der Waals surface area contributed by atoms with E-state index in [1.807, 2.05) is 44.2 Å². The Balaban J connectivity index is 2.75. The lowest BCUT2D eigenvalue weighted by Crippen LogP contribution is -2.47. The van der Waals surface area contributed by atoms with E-state index in [1.54, 1.807) is 7.05 Å². The maximum atomic E-state index is 12.3. The number of hydrogen-bond acceptors (Lipinski definition) is 4. The topological polar surface area (TPSA) is 76.1 Å². The number of carboxylic acid groups (broad SMARTS) is 1. The van der Waals surface area contributed by atoms with Crippen molar-refractivity contribution in [3.8, 4) is 0 Å². The second-order valence-electron chi connectivity index (χ2n) is 6.22. The van der Waals surface area contributed by atoms with E-state index in [2.05, 4.69) is 0 Å². The molecule has 0 aromatic heterocycles. The first-order valence-electron chi connectivity index (χ1n) is 8.03. The summed E-state index contributed by atoms with van der Waals surface area (Å²) in [5, 5.41) is 9.06. The molecule has 24 heavy (non-hydrogen) atoms. The van der Waals surface area contributed by atoms with Crippen molar-refractivity contribution in [3.05, 3.63) is 35.9 Å². The zero-order valence-corrected chi connectivity index (χ0v) is 14.8. The van der Waals surface area contributed by atoms with Gasteiger partial charge in [0.1, 0.15) is 6.61 Å². The minimum absolute atomic E-state index is 0.163. The molecule has 134 valence electrons. The van der Waals surface area contributed by atoms with Gasteiger partial charge in [0.05, 0.1) is 18.6 Å². The van der Waals surface area contributed by atoms with Crippen LogP contribution >= 0.6 is 0 Å². The fourth-order valence-electron chi connectivity index (χ4n) is 2.55. The second-order valence-corrected chi connectivity index (χ2v) is 6.22. The van der Waals surface area contributed by atoms with Crippen molar-refractivity contribution >= 4 is 12.1 Å². The van der Waals surface area contributed by atoms with Crippen molar-refractivity contribution in [2.45, 2.75) is 45.4 Å². The van der Waals surface area contributed by atoms with Gasteiger partial charge >= 0.3 is 12.1 Å². The van der Waals surface area contributed by atoms with Crippen LogP contribution in [0.2, 0.25) is 0 Å². The summed E-state index contributed by atoms with van der Waals surface area (Å²) in [7, 11) is 3.08. The first-order chi connectivity index (χ1) is 11.3. The molecule has 1 rings (SSSR count). The van der Waals surface area contributed by atoms with E-state index in [4.69, 9.17) is 14.6 Å². The van der Waals surface area contributed by atoms with Gasteiger partial charge in [-0.2, -0.15) is 0 Å². The van der Waals surface area contributed by atoms with Crippen LogP contribution < -0.4 is 0 Å². The number of hydrogen-bond donors (Lipinski definition) is 1. The zero-order valence-electron chi connectivity index (χ0n) is 14.8.